The van der Waals surface area contributed by atoms with E-state index in [0.717, 1.165) is 5.69 Å². The van der Waals surface area contributed by atoms with Gasteiger partial charge in [0, 0.05) is 31.0 Å². The van der Waals surface area contributed by atoms with E-state index in [9.17, 15) is 9.18 Å². The number of rotatable bonds is 4. The Bertz CT molecular complexity index is 837. The molecule has 1 heterocycles. The molecule has 0 unspecified atom stereocenters. The van der Waals surface area contributed by atoms with Crippen LogP contribution in [0.3, 0.4) is 0 Å². The van der Waals surface area contributed by atoms with Gasteiger partial charge in [-0.3, -0.25) is 4.79 Å². The van der Waals surface area contributed by atoms with Gasteiger partial charge in [0.15, 0.2) is 5.76 Å². The zero-order valence-electron chi connectivity index (χ0n) is 13.4. The van der Waals surface area contributed by atoms with E-state index >= 15 is 0 Å². The molecule has 0 saturated carbocycles. The second-order valence-electron chi connectivity index (χ2n) is 5.57. The molecule has 0 aliphatic heterocycles. The molecule has 0 radical (unpaired) electrons. The van der Waals surface area contributed by atoms with Crippen molar-refractivity contribution < 1.29 is 13.6 Å². The zero-order valence-corrected chi connectivity index (χ0v) is 13.4. The maximum atomic E-state index is 13.0. The molecule has 0 atom stereocenters. The first kappa shape index (κ1) is 15.8. The number of furan rings is 1. The predicted octanol–water partition coefficient (Wildman–Crippen LogP) is 4.40. The lowest BCUT2D eigenvalue weighted by molar-refractivity contribution is 0.0997. The molecule has 0 aliphatic rings. The number of hydrogen-bond acceptors (Lipinski definition) is 3. The van der Waals surface area contributed by atoms with Gasteiger partial charge in [0.2, 0.25) is 0 Å². The van der Waals surface area contributed by atoms with Crippen LogP contribution in [-0.2, 0) is 0 Å². The number of nitrogens with one attached hydrogen (secondary N) is 1. The molecule has 1 aromatic heterocycles. The number of carbonyl (C=O) groups excluding carboxylic acids is 1. The number of benzene rings is 2. The van der Waals surface area contributed by atoms with Crippen LogP contribution in [0.5, 0.6) is 0 Å². The number of anilines is 2. The third-order valence-electron chi connectivity index (χ3n) is 3.60. The Hall–Kier alpha value is -3.08. The number of halogens is 1. The van der Waals surface area contributed by atoms with Crippen LogP contribution in [0, 0.1) is 5.82 Å². The largest absolute Gasteiger partial charge is 0.451 e. The molecule has 0 saturated heterocycles. The van der Waals surface area contributed by atoms with Crippen molar-refractivity contribution in [2.24, 2.45) is 0 Å². The summed E-state index contributed by atoms with van der Waals surface area (Å²) in [5, 5.41) is 2.79. The molecule has 3 aromatic rings. The molecular formula is C19H17FN2O2. The van der Waals surface area contributed by atoms with Gasteiger partial charge < -0.3 is 14.6 Å². The summed E-state index contributed by atoms with van der Waals surface area (Å²) >= 11 is 0. The Labute approximate surface area is 139 Å². The van der Waals surface area contributed by atoms with E-state index in [1.807, 2.05) is 43.3 Å². The summed E-state index contributed by atoms with van der Waals surface area (Å²) in [6, 6.07) is 16.7. The fraction of sp³-hybridized carbons (Fsp3) is 0.105. The van der Waals surface area contributed by atoms with Gasteiger partial charge in [-0.25, -0.2) is 4.39 Å². The fourth-order valence-corrected chi connectivity index (χ4v) is 2.26. The maximum Gasteiger partial charge on any atom is 0.291 e. The highest BCUT2D eigenvalue weighted by atomic mass is 19.1. The van der Waals surface area contributed by atoms with Gasteiger partial charge in [0.1, 0.15) is 11.6 Å². The van der Waals surface area contributed by atoms with Gasteiger partial charge >= 0.3 is 0 Å². The van der Waals surface area contributed by atoms with Crippen molar-refractivity contribution in [3.63, 3.8) is 0 Å². The molecule has 0 spiro atoms. The van der Waals surface area contributed by atoms with E-state index in [4.69, 9.17) is 4.42 Å². The SMILES string of the molecule is CN(C)c1ccc(NC(=O)c2ccc(-c3ccc(F)cc3)o2)cc1. The molecule has 122 valence electrons. The molecule has 1 N–H and O–H groups in total. The third-order valence-corrected chi connectivity index (χ3v) is 3.60. The maximum absolute atomic E-state index is 13.0. The van der Waals surface area contributed by atoms with Crippen LogP contribution in [0.4, 0.5) is 15.8 Å². The standard InChI is InChI=1S/C19H17FN2O2/c1-22(2)16-9-7-15(8-10-16)21-19(23)18-12-11-17(24-18)13-3-5-14(20)6-4-13/h3-12H,1-2H3,(H,21,23). The van der Waals surface area contributed by atoms with Crippen molar-refractivity contribution in [1.82, 2.24) is 0 Å². The Morgan fingerprint density at radius 2 is 1.62 bits per heavy atom. The van der Waals surface area contributed by atoms with Crippen LogP contribution in [0.25, 0.3) is 11.3 Å². The first-order valence-electron chi connectivity index (χ1n) is 7.47. The van der Waals surface area contributed by atoms with Crippen molar-refractivity contribution in [3.8, 4) is 11.3 Å². The summed E-state index contributed by atoms with van der Waals surface area (Å²) in [5.74, 6) is 0.0690. The third kappa shape index (κ3) is 3.46. The van der Waals surface area contributed by atoms with Crippen LogP contribution in [-0.4, -0.2) is 20.0 Å². The van der Waals surface area contributed by atoms with Crippen LogP contribution in [0.1, 0.15) is 10.6 Å². The van der Waals surface area contributed by atoms with Gasteiger partial charge in [0.25, 0.3) is 5.91 Å². The quantitative estimate of drug-likeness (QED) is 0.773. The highest BCUT2D eigenvalue weighted by Crippen LogP contribution is 2.23. The Morgan fingerprint density at radius 3 is 2.25 bits per heavy atom. The summed E-state index contributed by atoms with van der Waals surface area (Å²) in [4.78, 5) is 14.2. The van der Waals surface area contributed by atoms with Crippen LogP contribution in [0.2, 0.25) is 0 Å². The molecule has 4 nitrogen and oxygen atoms in total. The molecule has 0 fully saturated rings. The van der Waals surface area contributed by atoms with Crippen LogP contribution in [0.15, 0.2) is 65.1 Å². The van der Waals surface area contributed by atoms with Gasteiger partial charge in [0.05, 0.1) is 0 Å². The molecule has 3 rings (SSSR count). The predicted molar refractivity (Wildman–Crippen MR) is 92.8 cm³/mol. The number of amides is 1. The molecular weight excluding hydrogens is 307 g/mol. The van der Waals surface area contributed by atoms with Crippen molar-refractivity contribution >= 4 is 17.3 Å². The Balaban J connectivity index is 1.72. The molecule has 0 aliphatic carbocycles. The highest BCUT2D eigenvalue weighted by Gasteiger charge is 2.12. The average molecular weight is 324 g/mol. The van der Waals surface area contributed by atoms with E-state index in [2.05, 4.69) is 5.32 Å². The zero-order chi connectivity index (χ0) is 17.1. The van der Waals surface area contributed by atoms with Crippen LogP contribution < -0.4 is 10.2 Å². The minimum atomic E-state index is -0.332. The lowest BCUT2D eigenvalue weighted by atomic mass is 10.2. The normalized spacial score (nSPS) is 10.5. The monoisotopic (exact) mass is 324 g/mol. The Kier molecular flexibility index (Phi) is 4.33. The number of hydrogen-bond donors (Lipinski definition) is 1. The molecule has 2 aromatic carbocycles. The van der Waals surface area contributed by atoms with E-state index in [1.54, 1.807) is 24.3 Å². The van der Waals surface area contributed by atoms with Crippen LogP contribution >= 0.6 is 0 Å². The minimum absolute atomic E-state index is 0.200. The van der Waals surface area contributed by atoms with E-state index < -0.39 is 0 Å². The van der Waals surface area contributed by atoms with Crippen molar-refractivity contribution in [2.75, 3.05) is 24.3 Å². The number of nitrogens with zero attached hydrogens (tertiary/aromatic N) is 1. The summed E-state index contributed by atoms with van der Waals surface area (Å²) in [6.07, 6.45) is 0. The van der Waals surface area contributed by atoms with Gasteiger partial charge in [-0.05, 0) is 60.7 Å². The van der Waals surface area contributed by atoms with E-state index in [1.165, 1.54) is 12.1 Å². The fourth-order valence-electron chi connectivity index (χ4n) is 2.26. The lowest BCUT2D eigenvalue weighted by Gasteiger charge is -2.12. The lowest BCUT2D eigenvalue weighted by Crippen LogP contribution is -2.11. The topological polar surface area (TPSA) is 45.5 Å². The minimum Gasteiger partial charge on any atom is -0.451 e. The summed E-state index contributed by atoms with van der Waals surface area (Å²) in [5.41, 5.74) is 2.45. The Morgan fingerprint density at radius 1 is 0.958 bits per heavy atom. The summed E-state index contributed by atoms with van der Waals surface area (Å²) in [6.45, 7) is 0. The smallest absolute Gasteiger partial charge is 0.291 e. The van der Waals surface area contributed by atoms with Gasteiger partial charge in [-0.2, -0.15) is 0 Å². The molecule has 0 bridgehead atoms. The molecule has 5 heteroatoms. The van der Waals surface area contributed by atoms with E-state index in [-0.39, 0.29) is 17.5 Å². The molecule has 1 amide bonds. The highest BCUT2D eigenvalue weighted by molar-refractivity contribution is 6.02. The average Bonchev–Trinajstić information content (AvgIpc) is 3.06. The summed E-state index contributed by atoms with van der Waals surface area (Å²) < 4.78 is 18.5. The summed E-state index contributed by atoms with van der Waals surface area (Å²) in [7, 11) is 3.90. The van der Waals surface area contributed by atoms with Crippen molar-refractivity contribution in [2.45, 2.75) is 0 Å². The molecule has 24 heavy (non-hydrogen) atoms. The van der Waals surface area contributed by atoms with E-state index in [0.29, 0.717) is 17.0 Å². The first-order chi connectivity index (χ1) is 11.5. The van der Waals surface area contributed by atoms with Crippen molar-refractivity contribution in [1.29, 1.82) is 0 Å². The second kappa shape index (κ2) is 6.58. The van der Waals surface area contributed by atoms with Crippen molar-refractivity contribution in [3.05, 3.63) is 72.2 Å². The second-order valence-corrected chi connectivity index (χ2v) is 5.57. The first-order valence-corrected chi connectivity index (χ1v) is 7.47. The number of carbonyl (C=O) groups is 1. The van der Waals surface area contributed by atoms with Gasteiger partial charge in [-0.15, -0.1) is 0 Å². The van der Waals surface area contributed by atoms with Gasteiger partial charge in [-0.1, -0.05) is 0 Å².